The number of methoxy groups -OCH3 is 1. The van der Waals surface area contributed by atoms with Gasteiger partial charge < -0.3 is 19.7 Å². The van der Waals surface area contributed by atoms with Crippen LogP contribution in [0.1, 0.15) is 27.2 Å². The maximum Gasteiger partial charge on any atom is 0.411 e. The molecule has 2 aromatic carbocycles. The van der Waals surface area contributed by atoms with Gasteiger partial charge >= 0.3 is 6.09 Å². The van der Waals surface area contributed by atoms with Gasteiger partial charge in [-0.1, -0.05) is 24.3 Å². The number of nitrogens with zero attached hydrogens (tertiary/aromatic N) is 4. The molecule has 1 N–H and O–H groups in total. The molecule has 36 heavy (non-hydrogen) atoms. The van der Waals surface area contributed by atoms with E-state index in [4.69, 9.17) is 19.4 Å². The molecule has 1 saturated heterocycles. The Balaban J connectivity index is 1.69. The van der Waals surface area contributed by atoms with Crippen LogP contribution in [-0.2, 0) is 9.53 Å². The van der Waals surface area contributed by atoms with Gasteiger partial charge in [0.1, 0.15) is 23.2 Å². The number of carbonyl (C=O) groups is 2. The van der Waals surface area contributed by atoms with Crippen molar-refractivity contribution in [1.82, 2.24) is 19.8 Å². The molecular formula is C27H33N5O4. The maximum absolute atomic E-state index is 13.0. The number of rotatable bonds is 5. The number of benzene rings is 2. The fourth-order valence-electron chi connectivity index (χ4n) is 4.32. The molecular weight excluding hydrogens is 458 g/mol. The van der Waals surface area contributed by atoms with Crippen LogP contribution in [0.3, 0.4) is 0 Å². The Morgan fingerprint density at radius 2 is 1.75 bits per heavy atom. The number of carbonyl (C=O) groups excluding carboxylic acids is 2. The molecule has 9 nitrogen and oxygen atoms in total. The second kappa shape index (κ2) is 10.0. The highest BCUT2D eigenvalue weighted by atomic mass is 16.6. The largest absolute Gasteiger partial charge is 0.496 e. The van der Waals surface area contributed by atoms with Crippen molar-refractivity contribution in [2.45, 2.75) is 44.9 Å². The third kappa shape index (κ3) is 5.35. The molecule has 2 atom stereocenters. The van der Waals surface area contributed by atoms with Crippen LogP contribution in [-0.4, -0.2) is 77.2 Å². The number of hydrogen-bond donors (Lipinski definition) is 1. The smallest absolute Gasteiger partial charge is 0.411 e. The zero-order chi connectivity index (χ0) is 26.0. The molecule has 190 valence electrons. The molecule has 4 rings (SSSR count). The summed E-state index contributed by atoms with van der Waals surface area (Å²) in [7, 11) is 4.99. The van der Waals surface area contributed by atoms with Crippen molar-refractivity contribution >= 4 is 28.7 Å². The molecule has 2 heterocycles. The van der Waals surface area contributed by atoms with Crippen molar-refractivity contribution < 1.29 is 19.1 Å². The first-order valence-electron chi connectivity index (χ1n) is 11.9. The van der Waals surface area contributed by atoms with Crippen molar-refractivity contribution in [3.05, 3.63) is 48.5 Å². The zero-order valence-corrected chi connectivity index (χ0v) is 21.6. The lowest BCUT2D eigenvalue weighted by atomic mass is 10.1. The Morgan fingerprint density at radius 1 is 1.06 bits per heavy atom. The monoisotopic (exact) mass is 491 g/mol. The molecule has 1 aliphatic rings. The molecule has 0 aliphatic carbocycles. The van der Waals surface area contributed by atoms with Crippen LogP contribution in [0.5, 0.6) is 5.75 Å². The highest BCUT2D eigenvalue weighted by Gasteiger charge is 2.42. The van der Waals surface area contributed by atoms with Crippen LogP contribution in [0.25, 0.3) is 22.3 Å². The highest BCUT2D eigenvalue weighted by molar-refractivity contribution is 5.91. The van der Waals surface area contributed by atoms with Gasteiger partial charge in [0, 0.05) is 32.1 Å². The fraction of sp³-hybridized carbons (Fsp3) is 0.407. The summed E-state index contributed by atoms with van der Waals surface area (Å²) in [4.78, 5) is 38.6. The molecule has 2 amide bonds. The second-order valence-corrected chi connectivity index (χ2v) is 10.1. The van der Waals surface area contributed by atoms with Crippen molar-refractivity contribution in [3.63, 3.8) is 0 Å². The second-order valence-electron chi connectivity index (χ2n) is 10.1. The van der Waals surface area contributed by atoms with E-state index in [0.29, 0.717) is 30.4 Å². The molecule has 9 heteroatoms. The summed E-state index contributed by atoms with van der Waals surface area (Å²) in [5, 5.41) is 4.34. The first kappa shape index (κ1) is 25.2. The van der Waals surface area contributed by atoms with E-state index in [1.165, 1.54) is 9.80 Å². The van der Waals surface area contributed by atoms with Gasteiger partial charge in [0.05, 0.1) is 18.2 Å². The van der Waals surface area contributed by atoms with Crippen molar-refractivity contribution in [2.75, 3.05) is 33.1 Å². The molecule has 1 fully saturated rings. The molecule has 0 bridgehead atoms. The van der Waals surface area contributed by atoms with E-state index < -0.39 is 17.7 Å². The van der Waals surface area contributed by atoms with Gasteiger partial charge in [-0.2, -0.15) is 0 Å². The molecule has 0 spiro atoms. The van der Waals surface area contributed by atoms with Gasteiger partial charge in [-0.15, -0.1) is 0 Å². The summed E-state index contributed by atoms with van der Waals surface area (Å²) in [5.41, 5.74) is 0.885. The molecule has 3 aromatic rings. The number of fused-ring (bicyclic) bond motifs is 1. The van der Waals surface area contributed by atoms with E-state index >= 15 is 0 Å². The Hall–Kier alpha value is -3.88. The first-order chi connectivity index (χ1) is 17.1. The number of para-hydroxylation sites is 2. The van der Waals surface area contributed by atoms with Crippen LogP contribution in [0.15, 0.2) is 48.5 Å². The topological polar surface area (TPSA) is 96.9 Å². The van der Waals surface area contributed by atoms with Crippen LogP contribution in [0.2, 0.25) is 0 Å². The standard InChI is InChI=1S/C27H33N5O4/c1-27(2,3)36-26(34)32-16-17(15-21(32)25(33)31(4)5)28-23-18-11-7-9-13-20(18)29-24(30-23)19-12-8-10-14-22(19)35-6/h7-14,17,21H,15-16H2,1-6H3,(H,28,29,30). The minimum atomic E-state index is -0.666. The lowest BCUT2D eigenvalue weighted by Crippen LogP contribution is -2.47. The van der Waals surface area contributed by atoms with Gasteiger partial charge in [0.25, 0.3) is 0 Å². The van der Waals surface area contributed by atoms with Crippen LogP contribution < -0.4 is 10.1 Å². The van der Waals surface area contributed by atoms with E-state index in [2.05, 4.69) is 5.32 Å². The van der Waals surface area contributed by atoms with E-state index in [1.54, 1.807) is 21.2 Å². The number of aromatic nitrogens is 2. The number of likely N-dealkylation sites (tertiary alicyclic amines) is 1. The zero-order valence-electron chi connectivity index (χ0n) is 21.6. The normalized spacial score (nSPS) is 17.7. The summed E-state index contributed by atoms with van der Waals surface area (Å²) in [5.74, 6) is 1.69. The maximum atomic E-state index is 13.0. The minimum Gasteiger partial charge on any atom is -0.496 e. The number of anilines is 1. The number of likely N-dealkylation sites (N-methyl/N-ethyl adjacent to an activating group) is 1. The lowest BCUT2D eigenvalue weighted by Gasteiger charge is -2.29. The molecule has 0 radical (unpaired) electrons. The third-order valence-corrected chi connectivity index (χ3v) is 5.95. The lowest BCUT2D eigenvalue weighted by molar-refractivity contribution is -0.133. The average Bonchev–Trinajstić information content (AvgIpc) is 3.26. The number of ether oxygens (including phenoxy) is 2. The molecule has 2 unspecified atom stereocenters. The highest BCUT2D eigenvalue weighted by Crippen LogP contribution is 2.32. The Morgan fingerprint density at radius 3 is 2.44 bits per heavy atom. The van der Waals surface area contributed by atoms with Crippen LogP contribution in [0, 0.1) is 0 Å². The Labute approximate surface area is 211 Å². The first-order valence-corrected chi connectivity index (χ1v) is 11.9. The SMILES string of the molecule is COc1ccccc1-c1nc(NC2CC(C(=O)N(C)C)N(C(=O)OC(C)(C)C)C2)c2ccccc2n1. The predicted octanol–water partition coefficient (Wildman–Crippen LogP) is 4.18. The summed E-state index contributed by atoms with van der Waals surface area (Å²) in [6.45, 7) is 5.74. The Bertz CT molecular complexity index is 1270. The number of nitrogens with one attached hydrogen (secondary N) is 1. The van der Waals surface area contributed by atoms with E-state index in [1.807, 2.05) is 69.3 Å². The average molecular weight is 492 g/mol. The van der Waals surface area contributed by atoms with Gasteiger partial charge in [-0.25, -0.2) is 14.8 Å². The van der Waals surface area contributed by atoms with Crippen LogP contribution in [0.4, 0.5) is 10.6 Å². The van der Waals surface area contributed by atoms with Crippen LogP contribution >= 0.6 is 0 Å². The van der Waals surface area contributed by atoms with Crippen molar-refractivity contribution in [1.29, 1.82) is 0 Å². The number of hydrogen-bond acceptors (Lipinski definition) is 7. The fourth-order valence-corrected chi connectivity index (χ4v) is 4.32. The van der Waals surface area contributed by atoms with E-state index in [9.17, 15) is 9.59 Å². The molecule has 1 aliphatic heterocycles. The third-order valence-electron chi connectivity index (χ3n) is 5.95. The molecule has 1 aromatic heterocycles. The van der Waals surface area contributed by atoms with Gasteiger partial charge in [0.2, 0.25) is 5.91 Å². The Kier molecular flexibility index (Phi) is 7.01. The molecule has 0 saturated carbocycles. The summed E-state index contributed by atoms with van der Waals surface area (Å²) < 4.78 is 11.1. The van der Waals surface area contributed by atoms with Crippen molar-refractivity contribution in [2.24, 2.45) is 0 Å². The van der Waals surface area contributed by atoms with Gasteiger partial charge in [-0.3, -0.25) is 9.69 Å². The van der Waals surface area contributed by atoms with E-state index in [-0.39, 0.29) is 11.9 Å². The van der Waals surface area contributed by atoms with Gasteiger partial charge in [-0.05, 0) is 51.5 Å². The van der Waals surface area contributed by atoms with Crippen molar-refractivity contribution in [3.8, 4) is 17.1 Å². The number of amides is 2. The van der Waals surface area contributed by atoms with Gasteiger partial charge in [0.15, 0.2) is 5.82 Å². The summed E-state index contributed by atoms with van der Waals surface area (Å²) in [6, 6.07) is 14.5. The predicted molar refractivity (Wildman–Crippen MR) is 139 cm³/mol. The summed E-state index contributed by atoms with van der Waals surface area (Å²) in [6.07, 6.45) is -0.0762. The quantitative estimate of drug-likeness (QED) is 0.572. The minimum absolute atomic E-state index is 0.146. The van der Waals surface area contributed by atoms with E-state index in [0.717, 1.165) is 16.5 Å². The summed E-state index contributed by atoms with van der Waals surface area (Å²) >= 11 is 0.